The molecule has 1 heterocycles. The fourth-order valence-corrected chi connectivity index (χ4v) is 4.15. The third kappa shape index (κ3) is 5.01. The largest absolute Gasteiger partial charge is 0.481 e. The number of halogens is 2. The van der Waals surface area contributed by atoms with Crippen molar-refractivity contribution in [1.82, 2.24) is 9.66 Å². The van der Waals surface area contributed by atoms with Gasteiger partial charge in [0.25, 0.3) is 5.56 Å². The van der Waals surface area contributed by atoms with Gasteiger partial charge in [0.05, 0.1) is 26.5 Å². The first-order valence-corrected chi connectivity index (χ1v) is 11.3. The number of hydrogen-bond acceptors (Lipinski definition) is 6. The number of aromatic nitrogens is 2. The predicted octanol–water partition coefficient (Wildman–Crippen LogP) is 5.60. The summed E-state index contributed by atoms with van der Waals surface area (Å²) in [6.45, 7) is 1.85. The zero-order valence-corrected chi connectivity index (χ0v) is 20.4. The molecule has 0 aliphatic rings. The number of nitro benzene ring substituents is 1. The van der Waals surface area contributed by atoms with Crippen LogP contribution in [-0.2, 0) is 6.61 Å². The summed E-state index contributed by atoms with van der Waals surface area (Å²) < 4.78 is 8.04. The maximum absolute atomic E-state index is 12.9. The monoisotopic (exact) mass is 570 g/mol. The SMILES string of the molecule is Cc1nc2ccc(Br)cc2c(=O)n1N=Cc1cc(Br)c(OCc2ccccc2)c([N+](=O)[O-])c1. The van der Waals surface area contributed by atoms with Crippen LogP contribution in [0.2, 0.25) is 0 Å². The van der Waals surface area contributed by atoms with Gasteiger partial charge in [0.1, 0.15) is 12.4 Å². The molecule has 0 aliphatic heterocycles. The molecule has 33 heavy (non-hydrogen) atoms. The number of hydrogen-bond donors (Lipinski definition) is 0. The Kier molecular flexibility index (Phi) is 6.66. The van der Waals surface area contributed by atoms with Gasteiger partial charge in [-0.25, -0.2) is 4.98 Å². The van der Waals surface area contributed by atoms with Gasteiger partial charge in [-0.05, 0) is 52.7 Å². The third-order valence-electron chi connectivity index (χ3n) is 4.76. The van der Waals surface area contributed by atoms with Crippen molar-refractivity contribution in [2.45, 2.75) is 13.5 Å². The molecule has 0 atom stereocenters. The zero-order valence-electron chi connectivity index (χ0n) is 17.2. The second-order valence-corrected chi connectivity index (χ2v) is 8.83. The molecule has 0 aliphatic carbocycles. The van der Waals surface area contributed by atoms with Gasteiger partial charge in [0.2, 0.25) is 5.75 Å². The molecule has 4 aromatic rings. The number of rotatable bonds is 6. The molecule has 0 saturated heterocycles. The lowest BCUT2D eigenvalue weighted by molar-refractivity contribution is -0.386. The second kappa shape index (κ2) is 9.63. The normalized spacial score (nSPS) is 11.2. The van der Waals surface area contributed by atoms with E-state index >= 15 is 0 Å². The summed E-state index contributed by atoms with van der Waals surface area (Å²) in [6.07, 6.45) is 1.37. The van der Waals surface area contributed by atoms with E-state index in [0.717, 1.165) is 14.7 Å². The third-order valence-corrected chi connectivity index (χ3v) is 5.84. The van der Waals surface area contributed by atoms with Crippen molar-refractivity contribution >= 4 is 54.7 Å². The van der Waals surface area contributed by atoms with Gasteiger partial charge in [0.15, 0.2) is 0 Å². The molecule has 0 bridgehead atoms. The van der Waals surface area contributed by atoms with E-state index < -0.39 is 4.92 Å². The molecule has 0 saturated carbocycles. The van der Waals surface area contributed by atoms with Crippen molar-refractivity contribution in [2.75, 3.05) is 0 Å². The van der Waals surface area contributed by atoms with E-state index in [4.69, 9.17) is 4.74 Å². The fraction of sp³-hybridized carbons (Fsp3) is 0.0870. The van der Waals surface area contributed by atoms with E-state index in [2.05, 4.69) is 41.9 Å². The predicted molar refractivity (Wildman–Crippen MR) is 133 cm³/mol. The number of nitrogens with zero attached hydrogens (tertiary/aromatic N) is 4. The Labute approximate surface area is 204 Å². The van der Waals surface area contributed by atoms with Crippen LogP contribution in [0, 0.1) is 17.0 Å². The molecule has 10 heteroatoms. The van der Waals surface area contributed by atoms with Crippen LogP contribution in [0.4, 0.5) is 5.69 Å². The van der Waals surface area contributed by atoms with Crippen LogP contribution in [0.15, 0.2) is 79.5 Å². The fourth-order valence-electron chi connectivity index (χ4n) is 3.20. The van der Waals surface area contributed by atoms with Crippen LogP contribution in [-0.4, -0.2) is 20.8 Å². The maximum atomic E-state index is 12.9. The van der Waals surface area contributed by atoms with Gasteiger partial charge in [-0.1, -0.05) is 46.3 Å². The van der Waals surface area contributed by atoms with Crippen LogP contribution >= 0.6 is 31.9 Å². The Balaban J connectivity index is 1.69. The average molecular weight is 572 g/mol. The van der Waals surface area contributed by atoms with E-state index in [0.29, 0.717) is 26.8 Å². The number of ether oxygens (including phenoxy) is 1. The molecule has 3 aromatic carbocycles. The molecule has 0 unspecified atom stereocenters. The molecule has 1 aromatic heterocycles. The Hall–Kier alpha value is -3.37. The second-order valence-electron chi connectivity index (χ2n) is 7.06. The van der Waals surface area contributed by atoms with Crippen LogP contribution < -0.4 is 10.3 Å². The van der Waals surface area contributed by atoms with E-state index in [-0.39, 0.29) is 23.6 Å². The Bertz CT molecular complexity index is 1450. The van der Waals surface area contributed by atoms with Crippen LogP contribution in [0.5, 0.6) is 5.75 Å². The average Bonchev–Trinajstić information content (AvgIpc) is 2.79. The van der Waals surface area contributed by atoms with Crippen molar-refractivity contribution in [3.63, 3.8) is 0 Å². The summed E-state index contributed by atoms with van der Waals surface area (Å²) >= 11 is 6.71. The number of fused-ring (bicyclic) bond motifs is 1. The first kappa shape index (κ1) is 22.8. The molecule has 166 valence electrons. The van der Waals surface area contributed by atoms with Gasteiger partial charge in [-0.2, -0.15) is 9.78 Å². The van der Waals surface area contributed by atoms with Crippen LogP contribution in [0.3, 0.4) is 0 Å². The highest BCUT2D eigenvalue weighted by Crippen LogP contribution is 2.36. The molecule has 0 radical (unpaired) electrons. The molecular weight excluding hydrogens is 556 g/mol. The lowest BCUT2D eigenvalue weighted by Gasteiger charge is -2.10. The first-order valence-electron chi connectivity index (χ1n) is 9.71. The topological polar surface area (TPSA) is 99.6 Å². The summed E-state index contributed by atoms with van der Waals surface area (Å²) in [5, 5.41) is 16.3. The first-order chi connectivity index (χ1) is 15.8. The molecule has 0 amide bonds. The van der Waals surface area contributed by atoms with E-state index in [1.54, 1.807) is 31.2 Å². The lowest BCUT2D eigenvalue weighted by Crippen LogP contribution is -2.20. The summed E-state index contributed by atoms with van der Waals surface area (Å²) in [5.41, 5.74) is 1.30. The Morgan fingerprint density at radius 3 is 2.64 bits per heavy atom. The van der Waals surface area contributed by atoms with Crippen molar-refractivity contribution in [2.24, 2.45) is 5.10 Å². The standard InChI is InChI=1S/C23H16Br2N4O4/c1-14-27-20-8-7-17(24)11-18(20)23(30)28(14)26-12-16-9-19(25)22(21(10-16)29(31)32)33-13-15-5-3-2-4-6-15/h2-12H,13H2,1H3. The van der Waals surface area contributed by atoms with E-state index in [1.807, 2.05) is 30.3 Å². The van der Waals surface area contributed by atoms with Crippen LogP contribution in [0.1, 0.15) is 17.0 Å². The van der Waals surface area contributed by atoms with E-state index in [9.17, 15) is 14.9 Å². The summed E-state index contributed by atoms with van der Waals surface area (Å²) in [7, 11) is 0. The molecule has 4 rings (SSSR count). The number of benzene rings is 3. The number of aryl methyl sites for hydroxylation is 1. The minimum absolute atomic E-state index is 0.117. The van der Waals surface area contributed by atoms with Gasteiger partial charge >= 0.3 is 5.69 Å². The van der Waals surface area contributed by atoms with Crippen molar-refractivity contribution < 1.29 is 9.66 Å². The van der Waals surface area contributed by atoms with Gasteiger partial charge in [0, 0.05) is 16.1 Å². The van der Waals surface area contributed by atoms with Crippen LogP contribution in [0.25, 0.3) is 10.9 Å². The highest BCUT2D eigenvalue weighted by molar-refractivity contribution is 9.10. The van der Waals surface area contributed by atoms with Crippen molar-refractivity contribution in [3.05, 3.63) is 107 Å². The number of nitro groups is 1. The summed E-state index contributed by atoms with van der Waals surface area (Å²) in [4.78, 5) is 28.5. The van der Waals surface area contributed by atoms with Gasteiger partial charge in [-0.3, -0.25) is 14.9 Å². The van der Waals surface area contributed by atoms with Gasteiger partial charge in [-0.15, -0.1) is 0 Å². The summed E-state index contributed by atoms with van der Waals surface area (Å²) in [6, 6.07) is 17.6. The highest BCUT2D eigenvalue weighted by atomic mass is 79.9. The van der Waals surface area contributed by atoms with Gasteiger partial charge < -0.3 is 4.74 Å². The lowest BCUT2D eigenvalue weighted by atomic mass is 10.2. The minimum Gasteiger partial charge on any atom is -0.481 e. The maximum Gasteiger partial charge on any atom is 0.312 e. The molecule has 8 nitrogen and oxygen atoms in total. The molecular formula is C23H16Br2N4O4. The molecule has 0 spiro atoms. The highest BCUT2D eigenvalue weighted by Gasteiger charge is 2.20. The summed E-state index contributed by atoms with van der Waals surface area (Å²) in [5.74, 6) is 0.508. The zero-order chi connectivity index (χ0) is 23.5. The smallest absolute Gasteiger partial charge is 0.312 e. The minimum atomic E-state index is -0.519. The molecule has 0 fully saturated rings. The quantitative estimate of drug-likeness (QED) is 0.170. The Morgan fingerprint density at radius 2 is 1.91 bits per heavy atom. The molecule has 0 N–H and O–H groups in total. The Morgan fingerprint density at radius 1 is 1.15 bits per heavy atom. The van der Waals surface area contributed by atoms with Crippen molar-refractivity contribution in [3.8, 4) is 5.75 Å². The van der Waals surface area contributed by atoms with E-state index in [1.165, 1.54) is 12.3 Å². The van der Waals surface area contributed by atoms with Crippen molar-refractivity contribution in [1.29, 1.82) is 0 Å².